The zero-order valence-corrected chi connectivity index (χ0v) is 16.8. The van der Waals surface area contributed by atoms with Gasteiger partial charge in [-0.15, -0.1) is 24.0 Å². The first-order valence-corrected chi connectivity index (χ1v) is 8.62. The van der Waals surface area contributed by atoms with Gasteiger partial charge < -0.3 is 20.0 Å². The lowest BCUT2D eigenvalue weighted by molar-refractivity contribution is -0.130. The summed E-state index contributed by atoms with van der Waals surface area (Å²) in [5.41, 5.74) is 0. The molecular weight excluding hydrogens is 419 g/mol. The summed E-state index contributed by atoms with van der Waals surface area (Å²) in [5, 5.41) is 6.53. The van der Waals surface area contributed by atoms with Gasteiger partial charge in [-0.2, -0.15) is 0 Å². The second-order valence-corrected chi connectivity index (χ2v) is 5.75. The van der Waals surface area contributed by atoms with Crippen molar-refractivity contribution < 1.29 is 9.21 Å². The summed E-state index contributed by atoms with van der Waals surface area (Å²) in [6, 6.07) is 3.78. The predicted molar refractivity (Wildman–Crippen MR) is 107 cm³/mol. The summed E-state index contributed by atoms with van der Waals surface area (Å²) in [5.74, 6) is 1.93. The summed E-state index contributed by atoms with van der Waals surface area (Å²) in [4.78, 5) is 18.4. The van der Waals surface area contributed by atoms with E-state index >= 15 is 0 Å². The molecule has 2 heterocycles. The number of halogens is 1. The zero-order valence-electron chi connectivity index (χ0n) is 14.4. The number of nitrogens with zero attached hydrogens (tertiary/aromatic N) is 2. The molecule has 0 unspecified atom stereocenters. The average molecular weight is 448 g/mol. The maximum absolute atomic E-state index is 11.9. The molecule has 6 nitrogen and oxygen atoms in total. The molecule has 1 aromatic rings. The maximum Gasteiger partial charge on any atom is 0.222 e. The number of aliphatic imine (C=N–C) groups is 1. The highest BCUT2D eigenvalue weighted by molar-refractivity contribution is 14.0. The van der Waals surface area contributed by atoms with E-state index in [2.05, 4.69) is 15.6 Å². The number of amides is 1. The van der Waals surface area contributed by atoms with Crippen LogP contribution in [-0.4, -0.2) is 42.9 Å². The molecular formula is C17H29IN4O2. The standard InChI is InChI=1S/C17H28N4O2.HI/c1-2-18-17(20-14-15-8-6-13-23-15)19-10-7-12-21-11-5-3-4-9-16(21)22;/h6,8,13H,2-5,7,9-12,14H2,1H3,(H2,18,19,20);1H. The van der Waals surface area contributed by atoms with Crippen LogP contribution in [0, 0.1) is 0 Å². The maximum atomic E-state index is 11.9. The topological polar surface area (TPSA) is 69.9 Å². The van der Waals surface area contributed by atoms with E-state index in [1.807, 2.05) is 24.0 Å². The summed E-state index contributed by atoms with van der Waals surface area (Å²) >= 11 is 0. The van der Waals surface area contributed by atoms with E-state index in [0.29, 0.717) is 18.9 Å². The number of hydrogen-bond donors (Lipinski definition) is 2. The molecule has 136 valence electrons. The van der Waals surface area contributed by atoms with E-state index < -0.39 is 0 Å². The third kappa shape index (κ3) is 7.55. The van der Waals surface area contributed by atoms with E-state index in [1.165, 1.54) is 6.42 Å². The first kappa shape index (κ1) is 20.8. The Labute approximate surface area is 161 Å². The lowest BCUT2D eigenvalue weighted by Crippen LogP contribution is -2.39. The minimum atomic E-state index is 0. The minimum absolute atomic E-state index is 0. The molecule has 2 N–H and O–H groups in total. The van der Waals surface area contributed by atoms with Crippen molar-refractivity contribution in [3.05, 3.63) is 24.2 Å². The van der Waals surface area contributed by atoms with Crippen LogP contribution in [0.25, 0.3) is 0 Å². The average Bonchev–Trinajstić information content (AvgIpc) is 2.99. The van der Waals surface area contributed by atoms with Gasteiger partial charge in [0.05, 0.1) is 6.26 Å². The third-order valence-corrected chi connectivity index (χ3v) is 3.89. The molecule has 1 amide bonds. The number of guanidine groups is 1. The van der Waals surface area contributed by atoms with E-state index in [9.17, 15) is 4.79 Å². The van der Waals surface area contributed by atoms with Gasteiger partial charge in [-0.25, -0.2) is 4.99 Å². The van der Waals surface area contributed by atoms with E-state index in [1.54, 1.807) is 6.26 Å². The van der Waals surface area contributed by atoms with E-state index in [4.69, 9.17) is 4.42 Å². The zero-order chi connectivity index (χ0) is 16.3. The quantitative estimate of drug-likeness (QED) is 0.291. The molecule has 1 aliphatic heterocycles. The minimum Gasteiger partial charge on any atom is -0.467 e. The molecule has 0 radical (unpaired) electrons. The summed E-state index contributed by atoms with van der Waals surface area (Å²) < 4.78 is 5.28. The lowest BCUT2D eigenvalue weighted by Gasteiger charge is -2.20. The van der Waals surface area contributed by atoms with Gasteiger partial charge >= 0.3 is 0 Å². The SMILES string of the molecule is CCNC(=NCc1ccco1)NCCCN1CCCCCC1=O.I. The van der Waals surface area contributed by atoms with Gasteiger partial charge in [0, 0.05) is 32.6 Å². The molecule has 0 spiro atoms. The van der Waals surface area contributed by atoms with Crippen molar-refractivity contribution in [3.8, 4) is 0 Å². The molecule has 1 aliphatic rings. The van der Waals surface area contributed by atoms with Crippen LogP contribution < -0.4 is 10.6 Å². The van der Waals surface area contributed by atoms with E-state index in [-0.39, 0.29) is 24.0 Å². The Kier molecular flexibility index (Phi) is 10.5. The molecule has 0 saturated carbocycles. The Hall–Kier alpha value is -1.25. The Morgan fingerprint density at radius 2 is 2.21 bits per heavy atom. The summed E-state index contributed by atoms with van der Waals surface area (Å²) in [6.07, 6.45) is 6.63. The first-order chi connectivity index (χ1) is 11.3. The van der Waals surface area contributed by atoms with Crippen LogP contribution in [0.15, 0.2) is 27.8 Å². The molecule has 2 rings (SSSR count). The van der Waals surface area contributed by atoms with Crippen LogP contribution in [0.3, 0.4) is 0 Å². The van der Waals surface area contributed by atoms with E-state index in [0.717, 1.165) is 57.2 Å². The molecule has 1 aromatic heterocycles. The van der Waals surface area contributed by atoms with Crippen LogP contribution in [0.5, 0.6) is 0 Å². The fourth-order valence-electron chi connectivity index (χ4n) is 2.65. The molecule has 0 bridgehead atoms. The fourth-order valence-corrected chi connectivity index (χ4v) is 2.65. The highest BCUT2D eigenvalue weighted by atomic mass is 127. The van der Waals surface area contributed by atoms with Crippen molar-refractivity contribution in [1.29, 1.82) is 0 Å². The van der Waals surface area contributed by atoms with Gasteiger partial charge in [0.2, 0.25) is 5.91 Å². The normalized spacial score (nSPS) is 15.6. The first-order valence-electron chi connectivity index (χ1n) is 8.62. The number of hydrogen-bond acceptors (Lipinski definition) is 3. The molecule has 1 fully saturated rings. The Morgan fingerprint density at radius 3 is 2.96 bits per heavy atom. The Morgan fingerprint density at radius 1 is 1.33 bits per heavy atom. The number of likely N-dealkylation sites (tertiary alicyclic amines) is 1. The van der Waals surface area contributed by atoms with Crippen LogP contribution in [0.4, 0.5) is 0 Å². The van der Waals surface area contributed by atoms with Crippen molar-refractivity contribution in [2.24, 2.45) is 4.99 Å². The van der Waals surface area contributed by atoms with Gasteiger partial charge in [0.15, 0.2) is 5.96 Å². The van der Waals surface area contributed by atoms with Crippen LogP contribution in [-0.2, 0) is 11.3 Å². The van der Waals surface area contributed by atoms with Crippen molar-refractivity contribution in [1.82, 2.24) is 15.5 Å². The number of rotatable bonds is 7. The fraction of sp³-hybridized carbons (Fsp3) is 0.647. The largest absolute Gasteiger partial charge is 0.467 e. The highest BCUT2D eigenvalue weighted by Gasteiger charge is 2.15. The number of carbonyl (C=O) groups is 1. The van der Waals surface area contributed by atoms with Gasteiger partial charge in [0.1, 0.15) is 12.3 Å². The number of nitrogens with one attached hydrogen (secondary N) is 2. The predicted octanol–water partition coefficient (Wildman–Crippen LogP) is 2.75. The van der Waals surface area contributed by atoms with Crippen LogP contribution in [0.2, 0.25) is 0 Å². The summed E-state index contributed by atoms with van der Waals surface area (Å²) in [6.45, 7) is 5.91. The molecule has 0 aromatic carbocycles. The van der Waals surface area contributed by atoms with Crippen LogP contribution in [0.1, 0.15) is 44.8 Å². The molecule has 1 saturated heterocycles. The highest BCUT2D eigenvalue weighted by Crippen LogP contribution is 2.11. The smallest absolute Gasteiger partial charge is 0.222 e. The Bertz CT molecular complexity index is 491. The van der Waals surface area contributed by atoms with Crippen molar-refractivity contribution in [3.63, 3.8) is 0 Å². The second-order valence-electron chi connectivity index (χ2n) is 5.75. The van der Waals surface area contributed by atoms with Gasteiger partial charge in [0.25, 0.3) is 0 Å². The second kappa shape index (κ2) is 12.2. The lowest BCUT2D eigenvalue weighted by atomic mass is 10.2. The monoisotopic (exact) mass is 448 g/mol. The van der Waals surface area contributed by atoms with Crippen LogP contribution >= 0.6 is 24.0 Å². The Balaban J connectivity index is 0.00000288. The van der Waals surface area contributed by atoms with Gasteiger partial charge in [-0.1, -0.05) is 6.42 Å². The van der Waals surface area contributed by atoms with Gasteiger partial charge in [-0.3, -0.25) is 4.79 Å². The van der Waals surface area contributed by atoms with Gasteiger partial charge in [-0.05, 0) is 38.3 Å². The van der Waals surface area contributed by atoms with Crippen molar-refractivity contribution >= 4 is 35.8 Å². The summed E-state index contributed by atoms with van der Waals surface area (Å²) in [7, 11) is 0. The van der Waals surface area contributed by atoms with Crippen molar-refractivity contribution in [2.45, 2.75) is 45.6 Å². The number of furan rings is 1. The molecule has 0 aliphatic carbocycles. The van der Waals surface area contributed by atoms with Crippen molar-refractivity contribution in [2.75, 3.05) is 26.2 Å². The molecule has 0 atom stereocenters. The third-order valence-electron chi connectivity index (χ3n) is 3.89. The number of carbonyl (C=O) groups excluding carboxylic acids is 1. The molecule has 7 heteroatoms. The molecule has 24 heavy (non-hydrogen) atoms.